The van der Waals surface area contributed by atoms with Crippen LogP contribution in [-0.4, -0.2) is 34.2 Å². The first kappa shape index (κ1) is 11.6. The van der Waals surface area contributed by atoms with Crippen LogP contribution in [0.15, 0.2) is 6.20 Å². The molecule has 1 unspecified atom stereocenters. The van der Waals surface area contributed by atoms with Crippen LogP contribution in [0.1, 0.15) is 49.2 Å². The molecule has 19 heavy (non-hydrogen) atoms. The summed E-state index contributed by atoms with van der Waals surface area (Å²) in [5, 5.41) is 2.10. The zero-order valence-corrected chi connectivity index (χ0v) is 10.9. The van der Waals surface area contributed by atoms with Gasteiger partial charge < -0.3 is 10.5 Å². The topological polar surface area (TPSA) is 76.3 Å². The van der Waals surface area contributed by atoms with Crippen molar-refractivity contribution in [1.82, 2.24) is 15.0 Å². The van der Waals surface area contributed by atoms with E-state index in [0.717, 1.165) is 43.3 Å². The highest BCUT2D eigenvalue weighted by Crippen LogP contribution is 2.41. The number of nitrogens with one attached hydrogen (secondary N) is 1. The zero-order valence-electron chi connectivity index (χ0n) is 10.9. The Kier molecular flexibility index (Phi) is 2.68. The first-order valence-corrected chi connectivity index (χ1v) is 7.08. The fourth-order valence-electron chi connectivity index (χ4n) is 2.89. The number of fused-ring (bicyclic) bond motifs is 1. The lowest BCUT2D eigenvalue weighted by Gasteiger charge is -2.33. The number of aromatic nitrogens is 2. The zero-order chi connectivity index (χ0) is 12.8. The first-order valence-electron chi connectivity index (χ1n) is 7.08. The van der Waals surface area contributed by atoms with E-state index in [1.54, 1.807) is 0 Å². The van der Waals surface area contributed by atoms with Crippen molar-refractivity contribution in [2.75, 3.05) is 18.6 Å². The van der Waals surface area contributed by atoms with E-state index in [-0.39, 0.29) is 6.17 Å². The predicted molar refractivity (Wildman–Crippen MR) is 70.2 cm³/mol. The molecule has 2 fully saturated rings. The molecule has 0 aromatic carbocycles. The average molecular weight is 261 g/mol. The molecule has 1 aromatic rings. The van der Waals surface area contributed by atoms with E-state index in [9.17, 15) is 0 Å². The molecule has 3 aliphatic rings. The quantitative estimate of drug-likeness (QED) is 0.831. The summed E-state index contributed by atoms with van der Waals surface area (Å²) in [6, 6.07) is 0.407. The molecule has 4 rings (SSSR count). The lowest BCUT2D eigenvalue weighted by atomic mass is 10.1. The molecule has 2 aliphatic heterocycles. The van der Waals surface area contributed by atoms with Gasteiger partial charge in [0.2, 0.25) is 0 Å². The Labute approximate surface area is 112 Å². The van der Waals surface area contributed by atoms with E-state index < -0.39 is 0 Å². The lowest BCUT2D eigenvalue weighted by Crippen LogP contribution is -2.44. The number of rotatable bonds is 2. The second kappa shape index (κ2) is 4.40. The first-order chi connectivity index (χ1) is 9.33. The molecule has 1 atom stereocenters. The number of hydrogen-bond acceptors (Lipinski definition) is 6. The van der Waals surface area contributed by atoms with Crippen molar-refractivity contribution in [2.24, 2.45) is 5.73 Å². The number of hydrogen-bond donors (Lipinski definition) is 2. The Morgan fingerprint density at radius 2 is 2.05 bits per heavy atom. The highest BCUT2D eigenvalue weighted by atomic mass is 16.5. The van der Waals surface area contributed by atoms with Crippen molar-refractivity contribution < 1.29 is 4.74 Å². The SMILES string of the molecule is NC1c2ncc(C3CC3)nc2NN1C1CCOCC1. The minimum absolute atomic E-state index is 0.196. The minimum Gasteiger partial charge on any atom is -0.381 e. The Morgan fingerprint density at radius 3 is 2.79 bits per heavy atom. The fraction of sp³-hybridized carbons (Fsp3) is 0.692. The molecule has 3 N–H and O–H groups in total. The maximum absolute atomic E-state index is 6.28. The van der Waals surface area contributed by atoms with Gasteiger partial charge in [-0.1, -0.05) is 0 Å². The molecule has 6 nitrogen and oxygen atoms in total. The van der Waals surface area contributed by atoms with Crippen molar-refractivity contribution in [2.45, 2.75) is 43.8 Å². The summed E-state index contributed by atoms with van der Waals surface area (Å²) in [6.07, 6.45) is 6.19. The van der Waals surface area contributed by atoms with Crippen molar-refractivity contribution >= 4 is 5.82 Å². The second-order valence-corrected chi connectivity index (χ2v) is 5.61. The number of nitrogens with zero attached hydrogens (tertiary/aromatic N) is 3. The van der Waals surface area contributed by atoms with Gasteiger partial charge in [0, 0.05) is 31.4 Å². The van der Waals surface area contributed by atoms with Gasteiger partial charge in [-0.15, -0.1) is 0 Å². The van der Waals surface area contributed by atoms with E-state index in [1.807, 2.05) is 6.20 Å². The van der Waals surface area contributed by atoms with Crippen LogP contribution < -0.4 is 11.2 Å². The minimum atomic E-state index is -0.196. The molecule has 3 heterocycles. The van der Waals surface area contributed by atoms with Crippen molar-refractivity contribution in [1.29, 1.82) is 0 Å². The van der Waals surface area contributed by atoms with Crippen LogP contribution in [-0.2, 0) is 4.74 Å². The van der Waals surface area contributed by atoms with Gasteiger partial charge in [-0.25, -0.2) is 4.98 Å². The Morgan fingerprint density at radius 1 is 1.26 bits per heavy atom. The molecular weight excluding hydrogens is 242 g/mol. The maximum Gasteiger partial charge on any atom is 0.165 e. The molecule has 1 saturated heterocycles. The third kappa shape index (κ3) is 2.00. The molecule has 1 aliphatic carbocycles. The number of ether oxygens (including phenoxy) is 1. The van der Waals surface area contributed by atoms with Crippen molar-refractivity contribution in [3.8, 4) is 0 Å². The lowest BCUT2D eigenvalue weighted by molar-refractivity contribution is 0.0320. The Hall–Kier alpha value is -1.24. The van der Waals surface area contributed by atoms with Gasteiger partial charge in [0.25, 0.3) is 0 Å². The van der Waals surface area contributed by atoms with Gasteiger partial charge in [-0.3, -0.25) is 10.4 Å². The van der Waals surface area contributed by atoms with Gasteiger partial charge >= 0.3 is 0 Å². The van der Waals surface area contributed by atoms with Crippen LogP contribution in [0, 0.1) is 0 Å². The van der Waals surface area contributed by atoms with Gasteiger partial charge in [0.05, 0.1) is 5.69 Å². The number of nitrogens with two attached hydrogens (primary N) is 1. The number of hydrazine groups is 1. The van der Waals surface area contributed by atoms with Crippen LogP contribution >= 0.6 is 0 Å². The summed E-state index contributed by atoms with van der Waals surface area (Å²) < 4.78 is 5.40. The summed E-state index contributed by atoms with van der Waals surface area (Å²) in [5.41, 5.74) is 11.6. The summed E-state index contributed by atoms with van der Waals surface area (Å²) >= 11 is 0. The third-order valence-corrected chi connectivity index (χ3v) is 4.21. The summed E-state index contributed by atoms with van der Waals surface area (Å²) in [5.74, 6) is 1.47. The highest BCUT2D eigenvalue weighted by Gasteiger charge is 2.36. The van der Waals surface area contributed by atoms with E-state index in [2.05, 4.69) is 20.4 Å². The second-order valence-electron chi connectivity index (χ2n) is 5.61. The van der Waals surface area contributed by atoms with Crippen LogP contribution in [0.2, 0.25) is 0 Å². The Balaban J connectivity index is 1.57. The van der Waals surface area contributed by atoms with Gasteiger partial charge in [-0.05, 0) is 25.7 Å². The van der Waals surface area contributed by atoms with Crippen molar-refractivity contribution in [3.05, 3.63) is 17.6 Å². The summed E-state index contributed by atoms with van der Waals surface area (Å²) in [7, 11) is 0. The Bertz CT molecular complexity index is 484. The molecule has 0 radical (unpaired) electrons. The molecule has 0 amide bonds. The van der Waals surface area contributed by atoms with E-state index in [0.29, 0.717) is 12.0 Å². The molecular formula is C13H19N5O. The van der Waals surface area contributed by atoms with Crippen LogP contribution in [0.3, 0.4) is 0 Å². The van der Waals surface area contributed by atoms with Crippen molar-refractivity contribution in [3.63, 3.8) is 0 Å². The predicted octanol–water partition coefficient (Wildman–Crippen LogP) is 1.13. The van der Waals surface area contributed by atoms with E-state index >= 15 is 0 Å². The standard InChI is InChI=1S/C13H19N5O/c14-12-11-13(16-10(7-15-11)8-1-2-8)17-18(12)9-3-5-19-6-4-9/h7-9,12H,1-6,14H2,(H,16,17). The third-order valence-electron chi connectivity index (χ3n) is 4.21. The fourth-order valence-corrected chi connectivity index (χ4v) is 2.89. The molecule has 1 saturated carbocycles. The monoisotopic (exact) mass is 261 g/mol. The molecule has 0 spiro atoms. The smallest absolute Gasteiger partial charge is 0.165 e. The van der Waals surface area contributed by atoms with Crippen LogP contribution in [0.5, 0.6) is 0 Å². The largest absolute Gasteiger partial charge is 0.381 e. The van der Waals surface area contributed by atoms with E-state index in [4.69, 9.17) is 10.5 Å². The molecule has 0 bridgehead atoms. The normalized spacial score (nSPS) is 28.2. The summed E-state index contributed by atoms with van der Waals surface area (Å²) in [4.78, 5) is 9.21. The molecule has 1 aromatic heterocycles. The average Bonchev–Trinajstić information content (AvgIpc) is 3.25. The van der Waals surface area contributed by atoms with Crippen LogP contribution in [0.25, 0.3) is 0 Å². The van der Waals surface area contributed by atoms with Gasteiger partial charge in [0.15, 0.2) is 5.82 Å². The maximum atomic E-state index is 6.28. The van der Waals surface area contributed by atoms with Crippen LogP contribution in [0.4, 0.5) is 5.82 Å². The summed E-state index contributed by atoms with van der Waals surface area (Å²) in [6.45, 7) is 1.61. The van der Waals surface area contributed by atoms with Gasteiger partial charge in [-0.2, -0.15) is 5.01 Å². The number of anilines is 1. The molecule has 102 valence electrons. The molecule has 6 heteroatoms. The highest BCUT2D eigenvalue weighted by molar-refractivity contribution is 5.46. The van der Waals surface area contributed by atoms with E-state index in [1.165, 1.54) is 12.8 Å². The van der Waals surface area contributed by atoms with Gasteiger partial charge in [0.1, 0.15) is 11.9 Å².